The molecule has 0 atom stereocenters. The second-order valence-corrected chi connectivity index (χ2v) is 6.75. The summed E-state index contributed by atoms with van der Waals surface area (Å²) in [6.45, 7) is 0. The molecule has 1 aliphatic rings. The van der Waals surface area contributed by atoms with Crippen molar-refractivity contribution in [1.82, 2.24) is 0 Å². The van der Waals surface area contributed by atoms with Crippen molar-refractivity contribution in [2.75, 3.05) is 12.2 Å². The number of hydrogen-bond donors (Lipinski definition) is 1. The zero-order valence-electron chi connectivity index (χ0n) is 11.3. The zero-order valence-corrected chi connectivity index (χ0v) is 13.8. The summed E-state index contributed by atoms with van der Waals surface area (Å²) in [5, 5.41) is 12.5. The molecular formula is C16H18OS3. The van der Waals surface area contributed by atoms with Gasteiger partial charge in [0.05, 0.1) is 0 Å². The average molecular weight is 323 g/mol. The number of hydrogen-bond acceptors (Lipinski definition) is 4. The van der Waals surface area contributed by atoms with Crippen LogP contribution in [-0.2, 0) is 0 Å². The van der Waals surface area contributed by atoms with Crippen molar-refractivity contribution < 1.29 is 5.11 Å². The topological polar surface area (TPSA) is 20.2 Å². The molecule has 0 saturated carbocycles. The number of thioether (sulfide) groups is 2. The van der Waals surface area contributed by atoms with Gasteiger partial charge in [-0.3, -0.25) is 0 Å². The van der Waals surface area contributed by atoms with E-state index >= 15 is 0 Å². The highest BCUT2D eigenvalue weighted by molar-refractivity contribution is 8.21. The summed E-state index contributed by atoms with van der Waals surface area (Å²) in [6.07, 6.45) is 0. The highest BCUT2D eigenvalue weighted by atomic mass is 32.2. The van der Waals surface area contributed by atoms with E-state index in [0.29, 0.717) is 0 Å². The van der Waals surface area contributed by atoms with Crippen LogP contribution in [0.2, 0.25) is 0 Å². The van der Waals surface area contributed by atoms with Crippen molar-refractivity contribution >= 4 is 35.3 Å². The molecule has 0 aromatic heterocycles. The minimum atomic E-state index is 1.00. The van der Waals surface area contributed by atoms with E-state index in [2.05, 4.69) is 59.3 Å². The highest BCUT2D eigenvalue weighted by Gasteiger charge is 1.93. The Bertz CT molecular complexity index is 428. The highest BCUT2D eigenvalue weighted by Crippen LogP contribution is 2.26. The first kappa shape index (κ1) is 17.2. The maximum atomic E-state index is 7.00. The van der Waals surface area contributed by atoms with Gasteiger partial charge in [0.2, 0.25) is 0 Å². The van der Waals surface area contributed by atoms with Crippen molar-refractivity contribution in [3.63, 3.8) is 0 Å². The van der Waals surface area contributed by atoms with Crippen LogP contribution in [0.4, 0.5) is 0 Å². The van der Waals surface area contributed by atoms with E-state index in [-0.39, 0.29) is 0 Å². The minimum Gasteiger partial charge on any atom is -0.400 e. The molecule has 2 aromatic rings. The van der Waals surface area contributed by atoms with Gasteiger partial charge in [0.25, 0.3) is 0 Å². The smallest absolute Gasteiger partial charge is 0.0475 e. The van der Waals surface area contributed by atoms with Crippen LogP contribution < -0.4 is 0 Å². The molecule has 0 aliphatic carbocycles. The van der Waals surface area contributed by atoms with E-state index in [9.17, 15) is 0 Å². The Morgan fingerprint density at radius 1 is 0.750 bits per heavy atom. The maximum Gasteiger partial charge on any atom is 0.0475 e. The average Bonchev–Trinajstić information content (AvgIpc) is 3.11. The van der Waals surface area contributed by atoms with Gasteiger partial charge in [0, 0.05) is 22.0 Å². The van der Waals surface area contributed by atoms with Gasteiger partial charge in [0.1, 0.15) is 0 Å². The van der Waals surface area contributed by atoms with Gasteiger partial charge in [-0.15, -0.1) is 23.5 Å². The van der Waals surface area contributed by atoms with Gasteiger partial charge in [0.15, 0.2) is 0 Å². The van der Waals surface area contributed by atoms with Crippen molar-refractivity contribution in [3.05, 3.63) is 71.5 Å². The molecule has 0 bridgehead atoms. The molecule has 4 heteroatoms. The predicted molar refractivity (Wildman–Crippen MR) is 94.3 cm³/mol. The third kappa shape index (κ3) is 7.70. The Kier molecular flexibility index (Phi) is 10.3. The van der Waals surface area contributed by atoms with Crippen molar-refractivity contribution in [3.8, 4) is 0 Å². The van der Waals surface area contributed by atoms with Crippen molar-refractivity contribution in [2.45, 2.75) is 9.79 Å². The molecule has 0 fully saturated rings. The third-order valence-electron chi connectivity index (χ3n) is 2.11. The standard InChI is InChI=1S/C12H10S.C3H4S2.CH4O/c1-3-7-11(8-4-1)13-12-9-5-2-6-10-12;1-2-5-3-4-1;1-2/h1-10H;1-2H,3H2;2H,1H3. The second kappa shape index (κ2) is 12.0. The molecule has 0 spiro atoms. The molecule has 0 amide bonds. The number of aliphatic hydroxyl groups is 1. The predicted octanol–water partition coefficient (Wildman–Crippen LogP) is 5.34. The van der Waals surface area contributed by atoms with Crippen LogP contribution in [-0.4, -0.2) is 17.3 Å². The van der Waals surface area contributed by atoms with Gasteiger partial charge in [-0.25, -0.2) is 0 Å². The van der Waals surface area contributed by atoms with Gasteiger partial charge in [-0.2, -0.15) is 0 Å². The lowest BCUT2D eigenvalue weighted by molar-refractivity contribution is 0.399. The monoisotopic (exact) mass is 322 g/mol. The quantitative estimate of drug-likeness (QED) is 0.804. The van der Waals surface area contributed by atoms with E-state index in [4.69, 9.17) is 5.11 Å². The van der Waals surface area contributed by atoms with Crippen LogP contribution in [0.25, 0.3) is 0 Å². The number of rotatable bonds is 2. The molecule has 2 aromatic carbocycles. The number of benzene rings is 2. The fraction of sp³-hybridized carbons (Fsp3) is 0.125. The van der Waals surface area contributed by atoms with Crippen LogP contribution in [0, 0.1) is 0 Å². The molecule has 0 radical (unpaired) electrons. The first-order chi connectivity index (χ1) is 9.95. The summed E-state index contributed by atoms with van der Waals surface area (Å²) in [5.74, 6) is 0. The van der Waals surface area contributed by atoms with E-state index in [0.717, 1.165) is 7.11 Å². The Balaban J connectivity index is 0.000000239. The van der Waals surface area contributed by atoms with Gasteiger partial charge < -0.3 is 5.11 Å². The number of aliphatic hydroxyl groups excluding tert-OH is 1. The minimum absolute atomic E-state index is 1.00. The van der Waals surface area contributed by atoms with Gasteiger partial charge in [-0.05, 0) is 35.1 Å². The summed E-state index contributed by atoms with van der Waals surface area (Å²) >= 11 is 5.50. The summed E-state index contributed by atoms with van der Waals surface area (Å²) in [4.78, 5) is 2.57. The van der Waals surface area contributed by atoms with Crippen LogP contribution >= 0.6 is 35.3 Å². The molecule has 1 N–H and O–H groups in total. The largest absolute Gasteiger partial charge is 0.400 e. The summed E-state index contributed by atoms with van der Waals surface area (Å²) in [5.41, 5.74) is 0. The molecule has 106 valence electrons. The Morgan fingerprint density at radius 2 is 1.15 bits per heavy atom. The lowest BCUT2D eigenvalue weighted by Gasteiger charge is -1.99. The van der Waals surface area contributed by atoms with Crippen molar-refractivity contribution in [2.24, 2.45) is 0 Å². The first-order valence-corrected chi connectivity index (χ1v) is 8.97. The zero-order chi connectivity index (χ0) is 14.5. The van der Waals surface area contributed by atoms with Crippen LogP contribution in [0.1, 0.15) is 0 Å². The molecular weight excluding hydrogens is 304 g/mol. The SMILES string of the molecule is C1=CSCS1.CO.c1ccc(Sc2ccccc2)cc1. The normalized spacial score (nSPS) is 11.9. The molecule has 20 heavy (non-hydrogen) atoms. The fourth-order valence-electron chi connectivity index (χ4n) is 1.31. The molecule has 1 nitrogen and oxygen atoms in total. The van der Waals surface area contributed by atoms with Crippen LogP contribution in [0.15, 0.2) is 81.3 Å². The van der Waals surface area contributed by atoms with E-state index in [1.807, 2.05) is 35.7 Å². The summed E-state index contributed by atoms with van der Waals surface area (Å²) in [6, 6.07) is 20.8. The molecule has 3 rings (SSSR count). The first-order valence-electron chi connectivity index (χ1n) is 6.06. The van der Waals surface area contributed by atoms with Gasteiger partial charge in [-0.1, -0.05) is 48.2 Å². The Hall–Kier alpha value is -0.810. The Labute approximate surface area is 133 Å². The van der Waals surface area contributed by atoms with Crippen LogP contribution in [0.5, 0.6) is 0 Å². The second-order valence-electron chi connectivity index (χ2n) is 3.45. The molecule has 1 heterocycles. The molecule has 0 saturated heterocycles. The fourth-order valence-corrected chi connectivity index (χ4v) is 3.74. The van der Waals surface area contributed by atoms with E-state index < -0.39 is 0 Å². The summed E-state index contributed by atoms with van der Waals surface area (Å²) in [7, 11) is 1.00. The summed E-state index contributed by atoms with van der Waals surface area (Å²) < 4.78 is 0. The van der Waals surface area contributed by atoms with Crippen molar-refractivity contribution in [1.29, 1.82) is 0 Å². The maximum absolute atomic E-state index is 7.00. The van der Waals surface area contributed by atoms with Crippen LogP contribution in [0.3, 0.4) is 0 Å². The van der Waals surface area contributed by atoms with E-state index in [1.165, 1.54) is 14.9 Å². The molecule has 1 aliphatic heterocycles. The lowest BCUT2D eigenvalue weighted by atomic mass is 10.4. The van der Waals surface area contributed by atoms with E-state index in [1.54, 1.807) is 11.8 Å². The molecule has 0 unspecified atom stereocenters. The van der Waals surface area contributed by atoms with Gasteiger partial charge >= 0.3 is 0 Å². The Morgan fingerprint density at radius 3 is 1.45 bits per heavy atom. The lowest BCUT2D eigenvalue weighted by Crippen LogP contribution is -1.70. The third-order valence-corrected chi connectivity index (χ3v) is 5.04.